The maximum absolute atomic E-state index is 12.5. The number of carbonyl (C=O) groups is 2. The number of aromatic nitrogens is 6. The van der Waals surface area contributed by atoms with E-state index in [1.165, 1.54) is 29.8 Å². The fourth-order valence-corrected chi connectivity index (χ4v) is 7.36. The number of ketones is 2. The number of carbonyl (C=O) groups excluding carboxylic acids is 2. The number of rotatable bonds is 20. The van der Waals surface area contributed by atoms with Crippen molar-refractivity contribution in [2.24, 2.45) is 0 Å². The molecule has 4 heterocycles. The van der Waals surface area contributed by atoms with E-state index in [4.69, 9.17) is 27.8 Å². The van der Waals surface area contributed by atoms with E-state index in [2.05, 4.69) is 44.8 Å². The zero-order valence-corrected chi connectivity index (χ0v) is 35.4. The van der Waals surface area contributed by atoms with Crippen LogP contribution in [0, 0.1) is 13.8 Å². The SMILES string of the molecule is CC(=O)c1c(OCCn2ccnn2)c(OCCCc2ccccc2)c2occc2c1C.CC(=O)c1c(OCCn2nccn2)c(OCCCc2ccccc2)c2occc2c1C. The summed E-state index contributed by atoms with van der Waals surface area (Å²) in [5.41, 5.74) is 6.37. The third-order valence-electron chi connectivity index (χ3n) is 10.3. The van der Waals surface area contributed by atoms with Crippen molar-refractivity contribution in [3.8, 4) is 23.0 Å². The van der Waals surface area contributed by atoms with Gasteiger partial charge in [0.15, 0.2) is 34.2 Å². The van der Waals surface area contributed by atoms with Gasteiger partial charge in [0.2, 0.25) is 11.5 Å². The predicted molar refractivity (Wildman–Crippen MR) is 233 cm³/mol. The molecule has 0 amide bonds. The summed E-state index contributed by atoms with van der Waals surface area (Å²) in [6, 6.07) is 24.2. The van der Waals surface area contributed by atoms with E-state index in [1.807, 2.05) is 62.4 Å². The fourth-order valence-electron chi connectivity index (χ4n) is 7.36. The molecule has 0 N–H and O–H groups in total. The Kier molecular flexibility index (Phi) is 14.4. The highest BCUT2D eigenvalue weighted by molar-refractivity contribution is 6.06. The van der Waals surface area contributed by atoms with Crippen LogP contribution in [0.15, 0.2) is 119 Å². The second-order valence-corrected chi connectivity index (χ2v) is 14.6. The van der Waals surface area contributed by atoms with Gasteiger partial charge in [-0.2, -0.15) is 15.0 Å². The van der Waals surface area contributed by atoms with Crippen LogP contribution in [0.4, 0.5) is 0 Å². The van der Waals surface area contributed by atoms with Crippen LogP contribution in [0.2, 0.25) is 0 Å². The van der Waals surface area contributed by atoms with Crippen molar-refractivity contribution in [1.29, 1.82) is 0 Å². The summed E-state index contributed by atoms with van der Waals surface area (Å²) < 4.78 is 37.6. The standard InChI is InChI=1S/2C24H25N3O4/c1-17-20-10-15-30-22(20)24(29-14-6-9-19-7-4-3-5-8-19)23(21(17)18(2)28)31-16-13-27-12-11-25-26-27;1-17-20-10-15-30-22(20)24(29-14-6-9-19-7-4-3-5-8-19)23(21(17)18(2)28)31-16-13-27-25-11-12-26-27/h2*3-5,7-8,10-12,15H,6,9,13-14,16H2,1-2H3. The molecule has 4 aromatic heterocycles. The minimum Gasteiger partial charge on any atom is -0.487 e. The van der Waals surface area contributed by atoms with Crippen LogP contribution in [0.3, 0.4) is 0 Å². The van der Waals surface area contributed by atoms with Crippen molar-refractivity contribution in [1.82, 2.24) is 30.0 Å². The topological polar surface area (TPSA) is 159 Å². The normalized spacial score (nSPS) is 11.0. The lowest BCUT2D eigenvalue weighted by Crippen LogP contribution is -2.14. The molecule has 0 fully saturated rings. The van der Waals surface area contributed by atoms with E-state index < -0.39 is 0 Å². The number of benzene rings is 4. The molecule has 0 radical (unpaired) electrons. The van der Waals surface area contributed by atoms with Gasteiger partial charge in [0.25, 0.3) is 0 Å². The molecule has 0 aliphatic rings. The Labute approximate surface area is 359 Å². The number of furan rings is 2. The Bertz CT molecular complexity index is 2490. The first-order chi connectivity index (χ1) is 30.3. The van der Waals surface area contributed by atoms with Crippen LogP contribution in [-0.2, 0) is 25.9 Å². The summed E-state index contributed by atoms with van der Waals surface area (Å²) in [6.07, 6.45) is 13.3. The Balaban J connectivity index is 0.000000186. The number of aryl methyl sites for hydroxylation is 4. The maximum atomic E-state index is 12.5. The van der Waals surface area contributed by atoms with Gasteiger partial charge >= 0.3 is 0 Å². The molecule has 14 heteroatoms. The minimum atomic E-state index is -0.0815. The smallest absolute Gasteiger partial charge is 0.205 e. The second-order valence-electron chi connectivity index (χ2n) is 14.6. The highest BCUT2D eigenvalue weighted by atomic mass is 16.5. The van der Waals surface area contributed by atoms with Gasteiger partial charge in [-0.25, -0.2) is 4.68 Å². The van der Waals surface area contributed by atoms with Crippen molar-refractivity contribution in [3.05, 3.63) is 143 Å². The number of hydrogen-bond donors (Lipinski definition) is 0. The Morgan fingerprint density at radius 1 is 0.581 bits per heavy atom. The number of nitrogens with zero attached hydrogens (tertiary/aromatic N) is 6. The van der Waals surface area contributed by atoms with Gasteiger partial charge < -0.3 is 27.8 Å². The lowest BCUT2D eigenvalue weighted by Gasteiger charge is -2.18. The van der Waals surface area contributed by atoms with Gasteiger partial charge in [-0.15, -0.1) is 5.10 Å². The van der Waals surface area contributed by atoms with Gasteiger partial charge in [-0.3, -0.25) is 9.59 Å². The van der Waals surface area contributed by atoms with E-state index in [1.54, 1.807) is 42.0 Å². The molecule has 0 saturated carbocycles. The van der Waals surface area contributed by atoms with Gasteiger partial charge in [-0.05, 0) is 87.8 Å². The van der Waals surface area contributed by atoms with Crippen LogP contribution in [0.25, 0.3) is 21.9 Å². The lowest BCUT2D eigenvalue weighted by atomic mass is 9.99. The minimum absolute atomic E-state index is 0.0782. The molecule has 0 spiro atoms. The molecule has 8 aromatic rings. The maximum Gasteiger partial charge on any atom is 0.205 e. The van der Waals surface area contributed by atoms with E-state index in [0.29, 0.717) is 84.8 Å². The first kappa shape index (κ1) is 42.9. The Morgan fingerprint density at radius 3 is 1.50 bits per heavy atom. The average Bonchev–Trinajstić information content (AvgIpc) is 4.13. The first-order valence-corrected chi connectivity index (χ1v) is 20.7. The molecular weight excluding hydrogens is 789 g/mol. The second kappa shape index (κ2) is 20.8. The van der Waals surface area contributed by atoms with E-state index in [-0.39, 0.29) is 11.6 Å². The highest BCUT2D eigenvalue weighted by Gasteiger charge is 2.26. The van der Waals surface area contributed by atoms with E-state index in [9.17, 15) is 9.59 Å². The molecule has 4 aromatic carbocycles. The Hall–Kier alpha value is -7.22. The van der Waals surface area contributed by atoms with Crippen LogP contribution >= 0.6 is 0 Å². The fraction of sp³-hybridized carbons (Fsp3) is 0.292. The highest BCUT2D eigenvalue weighted by Crippen LogP contribution is 2.44. The summed E-state index contributed by atoms with van der Waals surface area (Å²) in [7, 11) is 0. The molecule has 0 saturated heterocycles. The summed E-state index contributed by atoms with van der Waals surface area (Å²) in [4.78, 5) is 26.6. The van der Waals surface area contributed by atoms with Gasteiger partial charge in [0.1, 0.15) is 13.2 Å². The molecule has 62 heavy (non-hydrogen) atoms. The van der Waals surface area contributed by atoms with Crippen molar-refractivity contribution in [2.45, 2.75) is 66.5 Å². The van der Waals surface area contributed by atoms with Crippen molar-refractivity contribution >= 4 is 33.5 Å². The van der Waals surface area contributed by atoms with E-state index in [0.717, 1.165) is 47.6 Å². The molecule has 0 unspecified atom stereocenters. The molecule has 0 atom stereocenters. The molecule has 0 bridgehead atoms. The van der Waals surface area contributed by atoms with Crippen molar-refractivity contribution in [3.63, 3.8) is 0 Å². The average molecular weight is 839 g/mol. The van der Waals surface area contributed by atoms with Crippen LogP contribution in [0.1, 0.15) is 69.7 Å². The summed E-state index contributed by atoms with van der Waals surface area (Å²) in [6.45, 7) is 9.39. The molecule has 8 rings (SSSR count). The third kappa shape index (κ3) is 10.4. The predicted octanol–water partition coefficient (Wildman–Crippen LogP) is 9.25. The number of Topliss-reactive ketones (excluding diaryl/α,β-unsaturated/α-hetero) is 2. The molecule has 320 valence electrons. The van der Waals surface area contributed by atoms with Crippen molar-refractivity contribution < 1.29 is 37.4 Å². The number of ether oxygens (including phenoxy) is 4. The summed E-state index contributed by atoms with van der Waals surface area (Å²) >= 11 is 0. The first-order valence-electron chi connectivity index (χ1n) is 20.7. The third-order valence-corrected chi connectivity index (χ3v) is 10.3. The lowest BCUT2D eigenvalue weighted by molar-refractivity contribution is 0.0998. The van der Waals surface area contributed by atoms with Gasteiger partial charge in [0.05, 0.1) is 68.5 Å². The van der Waals surface area contributed by atoms with Crippen molar-refractivity contribution in [2.75, 3.05) is 26.4 Å². The largest absolute Gasteiger partial charge is 0.487 e. The van der Waals surface area contributed by atoms with Crippen LogP contribution < -0.4 is 18.9 Å². The van der Waals surface area contributed by atoms with Gasteiger partial charge in [0, 0.05) is 17.0 Å². The van der Waals surface area contributed by atoms with Crippen LogP contribution in [0.5, 0.6) is 23.0 Å². The zero-order valence-electron chi connectivity index (χ0n) is 35.4. The van der Waals surface area contributed by atoms with Gasteiger partial charge in [-0.1, -0.05) is 65.9 Å². The summed E-state index contributed by atoms with van der Waals surface area (Å²) in [5.74, 6) is 1.62. The zero-order chi connectivity index (χ0) is 43.3. The van der Waals surface area contributed by atoms with Crippen LogP contribution in [-0.4, -0.2) is 68.0 Å². The molecule has 14 nitrogen and oxygen atoms in total. The molecule has 0 aliphatic heterocycles. The summed E-state index contributed by atoms with van der Waals surface area (Å²) in [5, 5.41) is 17.6. The number of fused-ring (bicyclic) bond motifs is 2. The Morgan fingerprint density at radius 2 is 1.05 bits per heavy atom. The number of hydrogen-bond acceptors (Lipinski definition) is 12. The monoisotopic (exact) mass is 838 g/mol. The quantitative estimate of drug-likeness (QED) is 0.0530. The molecule has 0 aliphatic carbocycles. The molecular formula is C48H50N6O8. The van der Waals surface area contributed by atoms with E-state index >= 15 is 0 Å².